The van der Waals surface area contributed by atoms with Gasteiger partial charge in [0.15, 0.2) is 12.4 Å². The number of carbonyl (C=O) groups excluding carboxylic acids is 3. The second-order valence-corrected chi connectivity index (χ2v) is 14.0. The van der Waals surface area contributed by atoms with Gasteiger partial charge in [-0.15, -0.1) is 0 Å². The number of hydrogen-bond donors (Lipinski definition) is 3. The maximum absolute atomic E-state index is 12.8. The Bertz CT molecular complexity index is 1530. The number of aliphatic hydroxyl groups is 1. The Morgan fingerprint density at radius 2 is 1.86 bits per heavy atom. The summed E-state index contributed by atoms with van der Waals surface area (Å²) in [5.74, 6) is 0.366. The number of H-pyrrole nitrogens is 1. The number of methoxy groups -OCH3 is 1. The number of ether oxygens (including phenoxy) is 1. The molecular weight excluding hydrogens is 558 g/mol. The molecule has 1 aromatic carbocycles. The molecule has 7 atom stereocenters. The lowest BCUT2D eigenvalue weighted by Gasteiger charge is -2.59. The number of rotatable bonds is 8. The molecule has 4 aliphatic carbocycles. The lowest BCUT2D eigenvalue weighted by atomic mass is 9.46. The van der Waals surface area contributed by atoms with E-state index in [0.717, 1.165) is 67.1 Å². The predicted molar refractivity (Wildman–Crippen MR) is 167 cm³/mol. The maximum atomic E-state index is 12.8. The zero-order valence-corrected chi connectivity index (χ0v) is 26.3. The van der Waals surface area contributed by atoms with Crippen LogP contribution in [0.4, 0.5) is 0 Å². The number of nitrogens with zero attached hydrogens (tertiary/aromatic N) is 1. The molecule has 0 saturated heterocycles. The van der Waals surface area contributed by atoms with Gasteiger partial charge in [-0.2, -0.15) is 0 Å². The number of hydrogen-bond acceptors (Lipinski definition) is 7. The van der Waals surface area contributed by atoms with E-state index in [1.807, 2.05) is 30.5 Å². The molecule has 6 rings (SSSR count). The van der Waals surface area contributed by atoms with Crippen LogP contribution in [0.15, 0.2) is 47.3 Å². The number of oxime groups is 1. The van der Waals surface area contributed by atoms with Gasteiger partial charge in [-0.1, -0.05) is 42.8 Å². The molecule has 4 unspecified atom stereocenters. The number of esters is 1. The maximum Gasteiger partial charge on any atom is 0.328 e. The van der Waals surface area contributed by atoms with Crippen molar-refractivity contribution in [2.75, 3.05) is 13.7 Å². The number of allylic oxidation sites excluding steroid dienone is 2. The van der Waals surface area contributed by atoms with E-state index in [9.17, 15) is 19.5 Å². The summed E-state index contributed by atoms with van der Waals surface area (Å²) in [5, 5.41) is 19.5. The topological polar surface area (TPSA) is 130 Å². The van der Waals surface area contributed by atoms with Gasteiger partial charge in [0.25, 0.3) is 5.91 Å². The van der Waals surface area contributed by atoms with Crippen LogP contribution >= 0.6 is 0 Å². The first-order valence-corrected chi connectivity index (χ1v) is 16.1. The Morgan fingerprint density at radius 3 is 2.64 bits per heavy atom. The van der Waals surface area contributed by atoms with Gasteiger partial charge in [0.05, 0.1) is 12.8 Å². The fraction of sp³-hybridized carbons (Fsp3) is 0.600. The third-order valence-electron chi connectivity index (χ3n) is 12.0. The minimum absolute atomic E-state index is 0.0632. The van der Waals surface area contributed by atoms with E-state index in [0.29, 0.717) is 24.2 Å². The van der Waals surface area contributed by atoms with Crippen molar-refractivity contribution in [2.24, 2.45) is 33.7 Å². The fourth-order valence-corrected chi connectivity index (χ4v) is 9.50. The summed E-state index contributed by atoms with van der Waals surface area (Å²) in [7, 11) is 1.31. The summed E-state index contributed by atoms with van der Waals surface area (Å²) in [4.78, 5) is 46.5. The first kappa shape index (κ1) is 30.6. The summed E-state index contributed by atoms with van der Waals surface area (Å²) < 4.78 is 4.95. The van der Waals surface area contributed by atoms with E-state index in [1.54, 1.807) is 6.92 Å². The number of amides is 1. The number of aromatic amines is 1. The second-order valence-electron chi connectivity index (χ2n) is 14.0. The molecule has 9 heteroatoms. The Morgan fingerprint density at radius 1 is 1.09 bits per heavy atom. The number of nitrogens with one attached hydrogen (secondary N) is 2. The van der Waals surface area contributed by atoms with Crippen LogP contribution < -0.4 is 5.32 Å². The van der Waals surface area contributed by atoms with Crippen LogP contribution in [-0.4, -0.2) is 58.8 Å². The lowest BCUT2D eigenvalue weighted by Crippen LogP contribution is -2.57. The Kier molecular flexibility index (Phi) is 7.97. The normalized spacial score (nSPS) is 34.3. The Hall–Kier alpha value is -3.46. The Balaban J connectivity index is 1.08. The van der Waals surface area contributed by atoms with Crippen LogP contribution in [-0.2, 0) is 30.4 Å². The second kappa shape index (κ2) is 11.5. The zero-order chi connectivity index (χ0) is 31.3. The summed E-state index contributed by atoms with van der Waals surface area (Å²) >= 11 is 0. The highest BCUT2D eigenvalue weighted by Gasteiger charge is 2.65. The average molecular weight is 604 g/mol. The van der Waals surface area contributed by atoms with Crippen molar-refractivity contribution in [3.05, 3.63) is 47.7 Å². The van der Waals surface area contributed by atoms with Gasteiger partial charge >= 0.3 is 5.97 Å². The van der Waals surface area contributed by atoms with Gasteiger partial charge < -0.3 is 25.0 Å². The highest BCUT2D eigenvalue weighted by Crippen LogP contribution is 2.67. The van der Waals surface area contributed by atoms with Crippen molar-refractivity contribution in [1.82, 2.24) is 10.3 Å². The molecule has 1 aromatic heterocycles. The fourth-order valence-electron chi connectivity index (χ4n) is 9.50. The van der Waals surface area contributed by atoms with Gasteiger partial charge in [0.2, 0.25) is 0 Å². The van der Waals surface area contributed by atoms with Gasteiger partial charge in [-0.05, 0) is 99.2 Å². The van der Waals surface area contributed by atoms with Crippen molar-refractivity contribution in [2.45, 2.75) is 90.2 Å². The molecule has 0 radical (unpaired) electrons. The lowest BCUT2D eigenvalue weighted by molar-refractivity contribution is -0.159. The number of Topliss-reactive ketones (excluding diaryl/α,β-unsaturated/α-hetero) is 1. The van der Waals surface area contributed by atoms with Gasteiger partial charge in [-0.3, -0.25) is 9.59 Å². The molecule has 3 saturated carbocycles. The molecule has 1 amide bonds. The monoisotopic (exact) mass is 603 g/mol. The largest absolute Gasteiger partial charge is 0.467 e. The standard InChI is InChI=1S/C35H45N3O6/c1-21(39)35(42)16-13-28-26-10-9-23-18-24(11-14-33(23,2)27(26)12-15-34(28,35)3)38-44-20-31(40)37-30(32(41)43-4)17-22-19-36-29-8-6-5-7-25(22)29/h5-8,18-19,26-28,30,36,42H,9-17,20H2,1-4H3,(H,37,40)/t26?,27?,28?,30?,33-,34-,35-/m0/s1. The van der Waals surface area contributed by atoms with E-state index >= 15 is 0 Å². The van der Waals surface area contributed by atoms with E-state index in [2.05, 4.69) is 35.4 Å². The van der Waals surface area contributed by atoms with Crippen LogP contribution in [0.1, 0.15) is 77.7 Å². The van der Waals surface area contributed by atoms with Crippen molar-refractivity contribution in [3.63, 3.8) is 0 Å². The summed E-state index contributed by atoms with van der Waals surface area (Å²) in [6, 6.07) is 6.96. The molecular formula is C35H45N3O6. The van der Waals surface area contributed by atoms with E-state index in [-0.39, 0.29) is 29.6 Å². The van der Waals surface area contributed by atoms with Crippen molar-refractivity contribution in [1.29, 1.82) is 0 Å². The summed E-state index contributed by atoms with van der Waals surface area (Å²) in [6.07, 6.45) is 11.4. The average Bonchev–Trinajstić information content (AvgIpc) is 3.54. The quantitative estimate of drug-likeness (QED) is 0.287. The molecule has 0 aliphatic heterocycles. The highest BCUT2D eigenvalue weighted by atomic mass is 16.6. The molecule has 3 fully saturated rings. The predicted octanol–water partition coefficient (Wildman–Crippen LogP) is 5.02. The number of fused-ring (bicyclic) bond motifs is 6. The molecule has 0 bridgehead atoms. The van der Waals surface area contributed by atoms with Crippen molar-refractivity contribution < 1.29 is 29.1 Å². The molecule has 9 nitrogen and oxygen atoms in total. The summed E-state index contributed by atoms with van der Waals surface area (Å²) in [5.41, 5.74) is 2.63. The number of benzene rings is 1. The molecule has 2 aromatic rings. The third kappa shape index (κ3) is 4.97. The minimum Gasteiger partial charge on any atom is -0.467 e. The SMILES string of the molecule is COC(=O)C(Cc1c[nH]c2ccccc12)NC(=O)CON=C1C=C2CCC3C(CC[C@@]4(C)C3CC[C@]4(O)C(C)=O)[C@@]2(C)CC1. The third-order valence-corrected chi connectivity index (χ3v) is 12.0. The van der Waals surface area contributed by atoms with Crippen LogP contribution in [0.3, 0.4) is 0 Å². The Labute approximate surface area is 258 Å². The number of aromatic nitrogens is 1. The minimum atomic E-state index is -1.19. The van der Waals surface area contributed by atoms with Crippen LogP contribution in [0, 0.1) is 28.6 Å². The first-order chi connectivity index (χ1) is 21.0. The molecule has 44 heavy (non-hydrogen) atoms. The van der Waals surface area contributed by atoms with Crippen LogP contribution in [0.2, 0.25) is 0 Å². The van der Waals surface area contributed by atoms with Gasteiger partial charge in [0.1, 0.15) is 11.6 Å². The zero-order valence-electron chi connectivity index (χ0n) is 26.3. The first-order valence-electron chi connectivity index (χ1n) is 16.1. The van der Waals surface area contributed by atoms with E-state index < -0.39 is 23.5 Å². The molecule has 3 N–H and O–H groups in total. The van der Waals surface area contributed by atoms with Crippen molar-refractivity contribution in [3.8, 4) is 0 Å². The van der Waals surface area contributed by atoms with E-state index in [4.69, 9.17) is 9.57 Å². The number of para-hydroxylation sites is 1. The molecule has 1 heterocycles. The summed E-state index contributed by atoms with van der Waals surface area (Å²) in [6.45, 7) is 5.80. The molecule has 236 valence electrons. The van der Waals surface area contributed by atoms with Crippen LogP contribution in [0.25, 0.3) is 10.9 Å². The van der Waals surface area contributed by atoms with Crippen LogP contribution in [0.5, 0.6) is 0 Å². The van der Waals surface area contributed by atoms with Gasteiger partial charge in [-0.25, -0.2) is 4.79 Å². The van der Waals surface area contributed by atoms with Crippen molar-refractivity contribution >= 4 is 34.3 Å². The van der Waals surface area contributed by atoms with E-state index in [1.165, 1.54) is 12.7 Å². The highest BCUT2D eigenvalue weighted by molar-refractivity contribution is 5.96. The number of carbonyl (C=O) groups is 3. The molecule has 0 spiro atoms. The number of ketones is 1. The smallest absolute Gasteiger partial charge is 0.328 e. The van der Waals surface area contributed by atoms with Gasteiger partial charge in [0, 0.05) is 28.9 Å². The molecule has 4 aliphatic rings.